The Bertz CT molecular complexity index is 1950. The van der Waals surface area contributed by atoms with Gasteiger partial charge in [0.1, 0.15) is 41.4 Å². The lowest BCUT2D eigenvalue weighted by atomic mass is 9.78. The highest BCUT2D eigenvalue weighted by Crippen LogP contribution is 2.49. The number of nitrogens with zero attached hydrogens (tertiary/aromatic N) is 2. The number of methoxy groups -OCH3 is 1. The molecule has 5 rings (SSSR count). The summed E-state index contributed by atoms with van der Waals surface area (Å²) < 4.78 is 38.5. The maximum Gasteiger partial charge on any atom is 0.328 e. The van der Waals surface area contributed by atoms with Crippen molar-refractivity contribution in [3.05, 3.63) is 87.2 Å². The van der Waals surface area contributed by atoms with E-state index in [-0.39, 0.29) is 30.7 Å². The lowest BCUT2D eigenvalue weighted by molar-refractivity contribution is -0.187. The Labute approximate surface area is 340 Å². The summed E-state index contributed by atoms with van der Waals surface area (Å²) in [5.74, 6) is -3.25. The molecule has 2 amide bonds. The van der Waals surface area contributed by atoms with E-state index in [1.54, 1.807) is 32.2 Å². The number of likely N-dealkylation sites (N-methyl/N-ethyl adjacent to an activating group) is 1. The fourth-order valence-electron chi connectivity index (χ4n) is 8.04. The molecule has 0 aromatic heterocycles. The Balaban J connectivity index is 1.49. The first kappa shape index (κ1) is 44.0. The van der Waals surface area contributed by atoms with E-state index in [0.29, 0.717) is 29.1 Å². The fourth-order valence-corrected chi connectivity index (χ4v) is 8.27. The van der Waals surface area contributed by atoms with Crippen LogP contribution in [-0.4, -0.2) is 96.6 Å². The third-order valence-corrected chi connectivity index (χ3v) is 12.0. The number of epoxide rings is 1. The quantitative estimate of drug-likeness (QED) is 0.239. The van der Waals surface area contributed by atoms with Crippen LogP contribution < -0.4 is 4.90 Å². The molecular weight excluding hydrogens is 755 g/mol. The monoisotopic (exact) mass is 810 g/mol. The van der Waals surface area contributed by atoms with Crippen molar-refractivity contribution in [2.75, 3.05) is 26.1 Å². The molecule has 2 fully saturated rings. The van der Waals surface area contributed by atoms with Crippen LogP contribution in [0.5, 0.6) is 0 Å². The van der Waals surface area contributed by atoms with Gasteiger partial charge in [0.05, 0.1) is 29.7 Å². The van der Waals surface area contributed by atoms with Crippen LogP contribution in [0.4, 0.5) is 10.1 Å². The third-order valence-electron chi connectivity index (χ3n) is 11.6. The summed E-state index contributed by atoms with van der Waals surface area (Å²) in [5, 5.41) is 12.3. The first-order valence-corrected chi connectivity index (χ1v) is 19.8. The number of carbonyl (C=O) groups excluding carboxylic acids is 4. The average Bonchev–Trinajstić information content (AvgIpc) is 3.83. The number of rotatable bonds is 7. The standard InChI is InChI=1S/C44H56ClFN2O9/c1-24(2)14-29-17-31(20-32(46)18-29)41(51)47(8)28(6)42(52)56-36-21-37(49)48(9)33-19-30(16-26(4)39(33)45)15-25(3)12-11-13-35(54-10)44(53)22-34(55-38(50)23-44)27(5)40-43(36,7)57-40/h11-13,16-20,24,27-28,34-36,40,53H,14-15,21-23H2,1-10H3/b13-11+,25-12+/t27-,28+,34+,35-,36+,40+,43+,44-/m1/s1. The second-order valence-electron chi connectivity index (χ2n) is 16.7. The summed E-state index contributed by atoms with van der Waals surface area (Å²) >= 11 is 6.80. The molecule has 13 heteroatoms. The summed E-state index contributed by atoms with van der Waals surface area (Å²) in [4.78, 5) is 57.4. The van der Waals surface area contributed by atoms with Crippen molar-refractivity contribution in [2.45, 2.75) is 122 Å². The predicted molar refractivity (Wildman–Crippen MR) is 214 cm³/mol. The number of hydrogen-bond donors (Lipinski definition) is 1. The first-order chi connectivity index (χ1) is 26.7. The zero-order valence-electron chi connectivity index (χ0n) is 34.6. The molecule has 2 aromatic rings. The van der Waals surface area contributed by atoms with Crippen LogP contribution in [0.25, 0.3) is 0 Å². The number of anilines is 1. The number of aryl methyl sites for hydroxylation is 1. The fraction of sp³-hybridized carbons (Fsp3) is 0.545. The molecule has 11 nitrogen and oxygen atoms in total. The van der Waals surface area contributed by atoms with E-state index in [9.17, 15) is 28.7 Å². The maximum atomic E-state index is 14.6. The lowest BCUT2D eigenvalue weighted by Crippen LogP contribution is -2.53. The zero-order chi connectivity index (χ0) is 42.1. The van der Waals surface area contributed by atoms with E-state index in [0.717, 1.165) is 22.8 Å². The second kappa shape index (κ2) is 17.4. The third kappa shape index (κ3) is 9.79. The van der Waals surface area contributed by atoms with Crippen LogP contribution in [0, 0.1) is 24.6 Å². The van der Waals surface area contributed by atoms with Crippen LogP contribution in [0.15, 0.2) is 54.1 Å². The van der Waals surface area contributed by atoms with Gasteiger partial charge in [-0.25, -0.2) is 9.18 Å². The Morgan fingerprint density at radius 2 is 1.84 bits per heavy atom. The van der Waals surface area contributed by atoms with Crippen molar-refractivity contribution in [1.29, 1.82) is 0 Å². The van der Waals surface area contributed by atoms with Crippen molar-refractivity contribution in [3.63, 3.8) is 0 Å². The van der Waals surface area contributed by atoms with E-state index < -0.39 is 77.1 Å². The number of carbonyl (C=O) groups is 4. The van der Waals surface area contributed by atoms with Crippen LogP contribution in [0.1, 0.15) is 87.9 Å². The predicted octanol–water partition coefficient (Wildman–Crippen LogP) is 6.72. The van der Waals surface area contributed by atoms with Gasteiger partial charge in [0, 0.05) is 39.1 Å². The number of fused-ring (bicyclic) bond motifs is 5. The summed E-state index contributed by atoms with van der Waals surface area (Å²) in [7, 11) is 4.50. The Kier molecular flexibility index (Phi) is 13.4. The Hall–Kier alpha value is -4.10. The number of esters is 2. The van der Waals surface area contributed by atoms with Gasteiger partial charge in [-0.05, 0) is 87.4 Å². The minimum Gasteiger partial charge on any atom is -0.462 e. The van der Waals surface area contributed by atoms with E-state index >= 15 is 0 Å². The highest BCUT2D eigenvalue weighted by atomic mass is 35.5. The van der Waals surface area contributed by atoms with Gasteiger partial charge in [0.2, 0.25) is 5.91 Å². The normalized spacial score (nSPS) is 30.1. The second-order valence-corrected chi connectivity index (χ2v) is 17.1. The Morgan fingerprint density at radius 1 is 1.14 bits per heavy atom. The number of allylic oxidation sites excluding steroid dienone is 3. The van der Waals surface area contributed by atoms with Crippen molar-refractivity contribution in [2.24, 2.45) is 11.8 Å². The highest BCUT2D eigenvalue weighted by Gasteiger charge is 2.64. The number of amides is 2. The molecule has 4 bridgehead atoms. The van der Waals surface area contributed by atoms with Crippen LogP contribution in [-0.2, 0) is 46.2 Å². The van der Waals surface area contributed by atoms with Crippen molar-refractivity contribution >= 4 is 41.0 Å². The Morgan fingerprint density at radius 3 is 2.51 bits per heavy atom. The van der Waals surface area contributed by atoms with Crippen molar-refractivity contribution in [3.8, 4) is 0 Å². The van der Waals surface area contributed by atoms with Gasteiger partial charge < -0.3 is 33.9 Å². The smallest absolute Gasteiger partial charge is 0.328 e. The first-order valence-electron chi connectivity index (χ1n) is 19.5. The van der Waals surface area contributed by atoms with Gasteiger partial charge in [-0.1, -0.05) is 62.2 Å². The minimum atomic E-state index is -1.59. The van der Waals surface area contributed by atoms with Crippen LogP contribution in [0.2, 0.25) is 5.02 Å². The number of aliphatic hydroxyl groups is 1. The molecule has 3 heterocycles. The van der Waals surface area contributed by atoms with Gasteiger partial charge in [-0.15, -0.1) is 0 Å². The highest BCUT2D eigenvalue weighted by molar-refractivity contribution is 6.34. The van der Waals surface area contributed by atoms with E-state index in [2.05, 4.69) is 0 Å². The number of hydrogen-bond acceptors (Lipinski definition) is 9. The topological polar surface area (TPSA) is 135 Å². The molecule has 3 aliphatic rings. The molecular formula is C44H56ClFN2O9. The molecule has 0 unspecified atom stereocenters. The van der Waals surface area contributed by atoms with Crippen molar-refractivity contribution in [1.82, 2.24) is 4.90 Å². The largest absolute Gasteiger partial charge is 0.462 e. The van der Waals surface area contributed by atoms with Gasteiger partial charge in [-0.2, -0.15) is 0 Å². The molecule has 57 heavy (non-hydrogen) atoms. The SMILES string of the molecule is CO[C@@H]1/C=C/C=C(\C)Cc2cc(C)c(Cl)c(c2)N(C)C(=O)C[C@H](OC(=O)[C@H](C)N(C)C(=O)c2cc(F)cc(CC(C)C)c2)[C@]2(C)O[C@H]2[C@H](C)[C@@H]2C[C@@]1(O)CC(=O)O2. The lowest BCUT2D eigenvalue weighted by Gasteiger charge is -2.41. The molecule has 0 aliphatic carbocycles. The summed E-state index contributed by atoms with van der Waals surface area (Å²) in [6.07, 6.45) is 2.46. The zero-order valence-corrected chi connectivity index (χ0v) is 35.3. The minimum absolute atomic E-state index is 0.0417. The molecule has 8 atom stereocenters. The molecule has 2 aromatic carbocycles. The summed E-state index contributed by atoms with van der Waals surface area (Å²) in [6.45, 7) is 12.8. The van der Waals surface area contributed by atoms with Crippen molar-refractivity contribution < 1.29 is 47.6 Å². The van der Waals surface area contributed by atoms with E-state index in [4.69, 9.17) is 30.5 Å². The summed E-state index contributed by atoms with van der Waals surface area (Å²) in [5.41, 5.74) is 1.04. The molecule has 310 valence electrons. The van der Waals surface area contributed by atoms with E-state index in [1.165, 1.54) is 36.9 Å². The van der Waals surface area contributed by atoms with Gasteiger partial charge >= 0.3 is 11.9 Å². The van der Waals surface area contributed by atoms with Gasteiger partial charge in [0.15, 0.2) is 0 Å². The molecule has 3 aliphatic heterocycles. The average molecular weight is 811 g/mol. The van der Waals surface area contributed by atoms with E-state index in [1.807, 2.05) is 52.8 Å². The number of halogens is 2. The van der Waals surface area contributed by atoms with Gasteiger partial charge in [-0.3, -0.25) is 14.4 Å². The summed E-state index contributed by atoms with van der Waals surface area (Å²) in [6, 6.07) is 6.80. The molecule has 1 N–H and O–H groups in total. The molecule has 0 saturated carbocycles. The molecule has 0 spiro atoms. The maximum absolute atomic E-state index is 14.6. The number of ether oxygens (including phenoxy) is 4. The van der Waals surface area contributed by atoms with Crippen LogP contribution >= 0.6 is 11.6 Å². The molecule has 0 radical (unpaired) electrons. The van der Waals surface area contributed by atoms with Crippen LogP contribution in [0.3, 0.4) is 0 Å². The van der Waals surface area contributed by atoms with Gasteiger partial charge in [0.25, 0.3) is 5.91 Å². The molecule has 2 saturated heterocycles. The number of benzene rings is 2.